The Morgan fingerprint density at radius 2 is 1.88 bits per heavy atom. The first-order valence-corrected chi connectivity index (χ1v) is 8.70. The second kappa shape index (κ2) is 6.29. The molecule has 4 heteroatoms. The number of hydrogen-bond donors (Lipinski definition) is 1. The van der Waals surface area contributed by atoms with E-state index in [4.69, 9.17) is 0 Å². The van der Waals surface area contributed by atoms with Crippen molar-refractivity contribution in [3.63, 3.8) is 0 Å². The van der Waals surface area contributed by atoms with Crippen LogP contribution in [0.5, 0.6) is 0 Å². The SMILES string of the molecule is CC(O)Cc1ccc2c(c1)ncn2-c1cccc(N2CCCC2)c1. The van der Waals surface area contributed by atoms with E-state index in [0.717, 1.165) is 35.4 Å². The van der Waals surface area contributed by atoms with Gasteiger partial charge >= 0.3 is 0 Å². The Hall–Kier alpha value is -2.33. The molecule has 2 aromatic carbocycles. The molecule has 1 fully saturated rings. The van der Waals surface area contributed by atoms with E-state index in [2.05, 4.69) is 56.9 Å². The lowest BCUT2D eigenvalue weighted by molar-refractivity contribution is 0.195. The van der Waals surface area contributed by atoms with Gasteiger partial charge in [-0.15, -0.1) is 0 Å². The van der Waals surface area contributed by atoms with Crippen molar-refractivity contribution in [2.75, 3.05) is 18.0 Å². The lowest BCUT2D eigenvalue weighted by Crippen LogP contribution is -2.17. The van der Waals surface area contributed by atoms with Gasteiger partial charge in [0.15, 0.2) is 0 Å². The van der Waals surface area contributed by atoms with Crippen LogP contribution in [0.1, 0.15) is 25.3 Å². The van der Waals surface area contributed by atoms with Crippen LogP contribution in [0.4, 0.5) is 5.69 Å². The zero-order valence-corrected chi connectivity index (χ0v) is 14.0. The van der Waals surface area contributed by atoms with Crippen LogP contribution in [0, 0.1) is 0 Å². The molecule has 4 rings (SSSR count). The van der Waals surface area contributed by atoms with Crippen molar-refractivity contribution in [3.8, 4) is 5.69 Å². The highest BCUT2D eigenvalue weighted by molar-refractivity contribution is 5.78. The van der Waals surface area contributed by atoms with Gasteiger partial charge in [0.1, 0.15) is 6.33 Å². The Morgan fingerprint density at radius 1 is 1.08 bits per heavy atom. The molecule has 124 valence electrons. The minimum atomic E-state index is -0.332. The minimum absolute atomic E-state index is 0.332. The van der Waals surface area contributed by atoms with Gasteiger partial charge in [0, 0.05) is 24.5 Å². The summed E-state index contributed by atoms with van der Waals surface area (Å²) in [7, 11) is 0. The number of benzene rings is 2. The maximum atomic E-state index is 9.57. The van der Waals surface area contributed by atoms with Crippen molar-refractivity contribution in [1.82, 2.24) is 9.55 Å². The van der Waals surface area contributed by atoms with Crippen molar-refractivity contribution in [2.45, 2.75) is 32.3 Å². The zero-order valence-electron chi connectivity index (χ0n) is 14.0. The number of imidazole rings is 1. The van der Waals surface area contributed by atoms with E-state index in [9.17, 15) is 5.11 Å². The summed E-state index contributed by atoms with van der Waals surface area (Å²) in [5.74, 6) is 0. The lowest BCUT2D eigenvalue weighted by Gasteiger charge is -2.18. The van der Waals surface area contributed by atoms with E-state index in [0.29, 0.717) is 6.42 Å². The van der Waals surface area contributed by atoms with Gasteiger partial charge in [-0.05, 0) is 62.1 Å². The molecule has 4 nitrogen and oxygen atoms in total. The predicted octanol–water partition coefficient (Wildman–Crippen LogP) is 3.55. The summed E-state index contributed by atoms with van der Waals surface area (Å²) >= 11 is 0. The van der Waals surface area contributed by atoms with Crippen LogP contribution in [-0.2, 0) is 6.42 Å². The molecular formula is C20H23N3O. The summed E-state index contributed by atoms with van der Waals surface area (Å²) in [6.07, 6.45) is 4.78. The van der Waals surface area contributed by atoms with Gasteiger partial charge in [0.25, 0.3) is 0 Å². The first-order chi connectivity index (χ1) is 11.7. The number of fused-ring (bicyclic) bond motifs is 1. The minimum Gasteiger partial charge on any atom is -0.393 e. The molecule has 0 saturated carbocycles. The fourth-order valence-electron chi connectivity index (χ4n) is 3.55. The van der Waals surface area contributed by atoms with E-state index >= 15 is 0 Å². The summed E-state index contributed by atoms with van der Waals surface area (Å²) in [4.78, 5) is 7.01. The van der Waals surface area contributed by atoms with Crippen molar-refractivity contribution >= 4 is 16.7 Å². The largest absolute Gasteiger partial charge is 0.393 e. The van der Waals surface area contributed by atoms with Crippen molar-refractivity contribution in [2.24, 2.45) is 0 Å². The molecule has 0 aliphatic carbocycles. The average molecular weight is 321 g/mol. The fraction of sp³-hybridized carbons (Fsp3) is 0.350. The highest BCUT2D eigenvalue weighted by Crippen LogP contribution is 2.25. The second-order valence-corrected chi connectivity index (χ2v) is 6.70. The molecule has 0 amide bonds. The maximum absolute atomic E-state index is 9.57. The monoisotopic (exact) mass is 321 g/mol. The van der Waals surface area contributed by atoms with Gasteiger partial charge in [-0.3, -0.25) is 4.57 Å². The van der Waals surface area contributed by atoms with Gasteiger partial charge in [0.2, 0.25) is 0 Å². The van der Waals surface area contributed by atoms with Crippen LogP contribution in [0.2, 0.25) is 0 Å². The van der Waals surface area contributed by atoms with Gasteiger partial charge in [-0.25, -0.2) is 4.98 Å². The molecule has 1 atom stereocenters. The van der Waals surface area contributed by atoms with Crippen LogP contribution < -0.4 is 4.90 Å². The number of hydrogen-bond acceptors (Lipinski definition) is 3. The molecular weight excluding hydrogens is 298 g/mol. The Bertz CT molecular complexity index is 847. The van der Waals surface area contributed by atoms with Gasteiger partial charge in [-0.2, -0.15) is 0 Å². The summed E-state index contributed by atoms with van der Waals surface area (Å²) in [6.45, 7) is 4.11. The molecule has 3 aromatic rings. The van der Waals surface area contributed by atoms with Crippen molar-refractivity contribution < 1.29 is 5.11 Å². The van der Waals surface area contributed by atoms with Gasteiger partial charge in [0.05, 0.1) is 17.1 Å². The van der Waals surface area contributed by atoms with Crippen molar-refractivity contribution in [1.29, 1.82) is 0 Å². The van der Waals surface area contributed by atoms with E-state index in [1.165, 1.54) is 18.5 Å². The fourth-order valence-corrected chi connectivity index (χ4v) is 3.55. The molecule has 0 bridgehead atoms. The predicted molar refractivity (Wildman–Crippen MR) is 97.9 cm³/mol. The molecule has 0 radical (unpaired) electrons. The Balaban J connectivity index is 1.70. The molecule has 1 saturated heterocycles. The number of aromatic nitrogens is 2. The topological polar surface area (TPSA) is 41.3 Å². The molecule has 0 spiro atoms. The molecule has 24 heavy (non-hydrogen) atoms. The molecule has 2 heterocycles. The van der Waals surface area contributed by atoms with Crippen molar-refractivity contribution in [3.05, 3.63) is 54.4 Å². The molecule has 1 N–H and O–H groups in total. The maximum Gasteiger partial charge on any atom is 0.100 e. The number of aliphatic hydroxyl groups is 1. The molecule has 1 unspecified atom stereocenters. The Morgan fingerprint density at radius 3 is 2.67 bits per heavy atom. The molecule has 1 aliphatic rings. The third-order valence-corrected chi connectivity index (χ3v) is 4.72. The van der Waals surface area contributed by atoms with E-state index in [1.807, 2.05) is 13.3 Å². The Kier molecular flexibility index (Phi) is 3.98. The van der Waals surface area contributed by atoms with Crippen LogP contribution >= 0.6 is 0 Å². The van der Waals surface area contributed by atoms with Gasteiger partial charge in [-0.1, -0.05) is 12.1 Å². The zero-order chi connectivity index (χ0) is 16.5. The van der Waals surface area contributed by atoms with E-state index in [1.54, 1.807) is 0 Å². The van der Waals surface area contributed by atoms with E-state index in [-0.39, 0.29) is 6.10 Å². The number of anilines is 1. The summed E-state index contributed by atoms with van der Waals surface area (Å²) < 4.78 is 2.14. The van der Waals surface area contributed by atoms with Crippen LogP contribution in [-0.4, -0.2) is 33.9 Å². The smallest absolute Gasteiger partial charge is 0.100 e. The number of rotatable bonds is 4. The highest BCUT2D eigenvalue weighted by Gasteiger charge is 2.13. The van der Waals surface area contributed by atoms with Gasteiger partial charge < -0.3 is 10.0 Å². The van der Waals surface area contributed by atoms with Crippen LogP contribution in [0.25, 0.3) is 16.7 Å². The second-order valence-electron chi connectivity index (χ2n) is 6.70. The summed E-state index contributed by atoms with van der Waals surface area (Å²) in [5.41, 5.74) is 5.62. The summed E-state index contributed by atoms with van der Waals surface area (Å²) in [6, 6.07) is 14.9. The highest BCUT2D eigenvalue weighted by atomic mass is 16.3. The first-order valence-electron chi connectivity index (χ1n) is 8.70. The normalized spacial score (nSPS) is 16.0. The average Bonchev–Trinajstić information content (AvgIpc) is 3.24. The Labute approximate surface area is 142 Å². The van der Waals surface area contributed by atoms with E-state index < -0.39 is 0 Å². The third kappa shape index (κ3) is 2.89. The van der Waals surface area contributed by atoms with Crippen LogP contribution in [0.15, 0.2) is 48.8 Å². The number of aliphatic hydroxyl groups excluding tert-OH is 1. The lowest BCUT2D eigenvalue weighted by atomic mass is 10.1. The molecule has 1 aromatic heterocycles. The quantitative estimate of drug-likeness (QED) is 0.799. The van der Waals surface area contributed by atoms with Crippen LogP contribution in [0.3, 0.4) is 0 Å². The first kappa shape index (κ1) is 15.2. The molecule has 1 aliphatic heterocycles. The summed E-state index contributed by atoms with van der Waals surface area (Å²) in [5, 5.41) is 9.57. The number of nitrogens with zero attached hydrogens (tertiary/aromatic N) is 3. The third-order valence-electron chi connectivity index (χ3n) is 4.72. The standard InChI is InChI=1S/C20H23N3O/c1-15(24)11-16-7-8-20-19(12-16)21-14-23(20)18-6-4-5-17(13-18)22-9-2-3-10-22/h4-8,12-15,24H,2-3,9-11H2,1H3.